The minimum absolute atomic E-state index is 0.0980. The zero-order chi connectivity index (χ0) is 21.7. The Morgan fingerprint density at radius 1 is 0.806 bits per heavy atom. The topological polar surface area (TPSA) is 84.8 Å². The van der Waals surface area contributed by atoms with E-state index >= 15 is 0 Å². The molecule has 0 aliphatic heterocycles. The first-order chi connectivity index (χ1) is 15.0. The van der Waals surface area contributed by atoms with Gasteiger partial charge in [-0.25, -0.2) is 9.63 Å². The SMILES string of the molecule is O=C(Oc1ccc2ccccc2c1/C=N/NS(=O)(=O)c1ccccc1)c1ccccc1. The molecule has 0 saturated carbocycles. The van der Waals surface area contributed by atoms with E-state index in [1.807, 2.05) is 36.4 Å². The molecule has 7 heteroatoms. The van der Waals surface area contributed by atoms with Crippen molar-refractivity contribution in [1.82, 2.24) is 4.83 Å². The second-order valence-electron chi connectivity index (χ2n) is 6.62. The number of carbonyl (C=O) groups is 1. The van der Waals surface area contributed by atoms with Gasteiger partial charge in [0, 0.05) is 5.56 Å². The van der Waals surface area contributed by atoms with E-state index in [4.69, 9.17) is 4.74 Å². The van der Waals surface area contributed by atoms with Crippen molar-refractivity contribution in [1.29, 1.82) is 0 Å². The number of ether oxygens (including phenoxy) is 1. The van der Waals surface area contributed by atoms with Crippen molar-refractivity contribution < 1.29 is 17.9 Å². The average Bonchev–Trinajstić information content (AvgIpc) is 2.81. The lowest BCUT2D eigenvalue weighted by atomic mass is 10.0. The normalized spacial score (nSPS) is 11.5. The second kappa shape index (κ2) is 8.81. The minimum atomic E-state index is -3.82. The van der Waals surface area contributed by atoms with E-state index in [-0.39, 0.29) is 10.6 Å². The lowest BCUT2D eigenvalue weighted by molar-refractivity contribution is 0.0734. The quantitative estimate of drug-likeness (QED) is 0.213. The molecule has 0 amide bonds. The van der Waals surface area contributed by atoms with Gasteiger partial charge in [0.15, 0.2) is 0 Å². The number of hydrazone groups is 1. The van der Waals surface area contributed by atoms with Crippen molar-refractivity contribution in [3.63, 3.8) is 0 Å². The van der Waals surface area contributed by atoms with Crippen LogP contribution in [0.4, 0.5) is 0 Å². The molecule has 4 aromatic carbocycles. The maximum atomic E-state index is 12.5. The second-order valence-corrected chi connectivity index (χ2v) is 8.28. The van der Waals surface area contributed by atoms with Crippen LogP contribution in [0.15, 0.2) is 107 Å². The van der Waals surface area contributed by atoms with Gasteiger partial charge in [-0.15, -0.1) is 0 Å². The zero-order valence-corrected chi connectivity index (χ0v) is 17.1. The number of hydrogen-bond acceptors (Lipinski definition) is 5. The molecule has 6 nitrogen and oxygen atoms in total. The smallest absolute Gasteiger partial charge is 0.343 e. The molecule has 0 radical (unpaired) electrons. The highest BCUT2D eigenvalue weighted by Crippen LogP contribution is 2.27. The number of fused-ring (bicyclic) bond motifs is 1. The molecule has 154 valence electrons. The van der Waals surface area contributed by atoms with E-state index in [2.05, 4.69) is 9.93 Å². The Balaban J connectivity index is 1.67. The van der Waals surface area contributed by atoms with Crippen LogP contribution in [0.1, 0.15) is 15.9 Å². The predicted octanol–water partition coefficient (Wildman–Crippen LogP) is 4.37. The number of rotatable bonds is 6. The largest absolute Gasteiger partial charge is 0.422 e. The molecule has 0 aliphatic rings. The number of benzene rings is 4. The van der Waals surface area contributed by atoms with E-state index < -0.39 is 16.0 Å². The third-order valence-corrected chi connectivity index (χ3v) is 5.80. The summed E-state index contributed by atoms with van der Waals surface area (Å²) in [5, 5.41) is 5.59. The predicted molar refractivity (Wildman–Crippen MR) is 120 cm³/mol. The number of nitrogens with one attached hydrogen (secondary N) is 1. The summed E-state index contributed by atoms with van der Waals surface area (Å²) in [4.78, 5) is 14.8. The Kier molecular flexibility index (Phi) is 5.77. The van der Waals surface area contributed by atoms with Gasteiger partial charge in [0.25, 0.3) is 10.0 Å². The minimum Gasteiger partial charge on any atom is -0.422 e. The highest BCUT2D eigenvalue weighted by molar-refractivity contribution is 7.89. The van der Waals surface area contributed by atoms with Crippen LogP contribution < -0.4 is 9.57 Å². The van der Waals surface area contributed by atoms with Crippen LogP contribution in [-0.4, -0.2) is 20.6 Å². The fourth-order valence-corrected chi connectivity index (χ4v) is 3.86. The molecular formula is C24H18N2O4S. The van der Waals surface area contributed by atoms with Crippen molar-refractivity contribution in [2.24, 2.45) is 5.10 Å². The van der Waals surface area contributed by atoms with Gasteiger partial charge < -0.3 is 4.74 Å². The van der Waals surface area contributed by atoms with Crippen LogP contribution >= 0.6 is 0 Å². The zero-order valence-electron chi connectivity index (χ0n) is 16.3. The van der Waals surface area contributed by atoms with Crippen molar-refractivity contribution >= 4 is 33.0 Å². The van der Waals surface area contributed by atoms with Crippen molar-refractivity contribution in [3.8, 4) is 5.75 Å². The van der Waals surface area contributed by atoms with E-state index in [9.17, 15) is 13.2 Å². The Morgan fingerprint density at radius 3 is 2.19 bits per heavy atom. The van der Waals surface area contributed by atoms with Crippen molar-refractivity contribution in [2.75, 3.05) is 0 Å². The van der Waals surface area contributed by atoms with Crippen LogP contribution in [-0.2, 0) is 10.0 Å². The summed E-state index contributed by atoms with van der Waals surface area (Å²) in [6.07, 6.45) is 1.34. The molecule has 31 heavy (non-hydrogen) atoms. The van der Waals surface area contributed by atoms with E-state index in [1.54, 1.807) is 48.5 Å². The Hall–Kier alpha value is -3.97. The first-order valence-corrected chi connectivity index (χ1v) is 10.9. The summed E-state index contributed by atoms with van der Waals surface area (Å²) in [6, 6.07) is 27.5. The molecule has 0 fully saturated rings. The Bertz CT molecular complexity index is 1350. The molecule has 0 spiro atoms. The maximum absolute atomic E-state index is 12.5. The lowest BCUT2D eigenvalue weighted by Crippen LogP contribution is -2.18. The highest BCUT2D eigenvalue weighted by Gasteiger charge is 2.14. The summed E-state index contributed by atoms with van der Waals surface area (Å²) < 4.78 is 30.4. The summed E-state index contributed by atoms with van der Waals surface area (Å²) in [5.74, 6) is -0.245. The number of carbonyl (C=O) groups excluding carboxylic acids is 1. The van der Waals surface area contributed by atoms with Gasteiger partial charge in [-0.05, 0) is 41.1 Å². The molecule has 0 atom stereocenters. The van der Waals surface area contributed by atoms with Crippen LogP contribution in [0.3, 0.4) is 0 Å². The monoisotopic (exact) mass is 430 g/mol. The van der Waals surface area contributed by atoms with Gasteiger partial charge in [0.1, 0.15) is 5.75 Å². The van der Waals surface area contributed by atoms with Gasteiger partial charge in [-0.2, -0.15) is 13.5 Å². The number of hydrogen-bond donors (Lipinski definition) is 1. The van der Waals surface area contributed by atoms with E-state index in [0.717, 1.165) is 10.8 Å². The molecule has 0 saturated heterocycles. The molecule has 0 aromatic heterocycles. The molecule has 0 heterocycles. The van der Waals surface area contributed by atoms with E-state index in [0.29, 0.717) is 11.1 Å². The first kappa shape index (κ1) is 20.3. The molecule has 1 N–H and O–H groups in total. The lowest BCUT2D eigenvalue weighted by Gasteiger charge is -2.11. The molecule has 0 aliphatic carbocycles. The van der Waals surface area contributed by atoms with Crippen molar-refractivity contribution in [2.45, 2.75) is 4.90 Å². The van der Waals surface area contributed by atoms with Crippen LogP contribution in [0.5, 0.6) is 5.75 Å². The molecule has 0 bridgehead atoms. The summed E-state index contributed by atoms with van der Waals surface area (Å²) in [6.45, 7) is 0. The average molecular weight is 430 g/mol. The molecular weight excluding hydrogens is 412 g/mol. The third-order valence-electron chi connectivity index (χ3n) is 4.56. The summed E-state index contributed by atoms with van der Waals surface area (Å²) in [7, 11) is -3.82. The number of sulfonamides is 1. The molecule has 4 aromatic rings. The fraction of sp³-hybridized carbons (Fsp3) is 0. The maximum Gasteiger partial charge on any atom is 0.343 e. The molecule has 0 unspecified atom stereocenters. The third kappa shape index (κ3) is 4.62. The first-order valence-electron chi connectivity index (χ1n) is 9.43. The van der Waals surface area contributed by atoms with Crippen LogP contribution in [0.25, 0.3) is 10.8 Å². The Morgan fingerprint density at radius 2 is 1.45 bits per heavy atom. The van der Waals surface area contributed by atoms with Gasteiger partial charge >= 0.3 is 5.97 Å². The highest BCUT2D eigenvalue weighted by atomic mass is 32.2. The Labute approximate surface area is 179 Å². The van der Waals surface area contributed by atoms with Crippen molar-refractivity contribution in [3.05, 3.63) is 108 Å². The van der Waals surface area contributed by atoms with Gasteiger partial charge in [0.05, 0.1) is 16.7 Å². The van der Waals surface area contributed by atoms with Gasteiger partial charge in [-0.3, -0.25) is 0 Å². The van der Waals surface area contributed by atoms with Crippen LogP contribution in [0, 0.1) is 0 Å². The molecule has 4 rings (SSSR count). The van der Waals surface area contributed by atoms with Gasteiger partial charge in [-0.1, -0.05) is 66.7 Å². The summed E-state index contributed by atoms with van der Waals surface area (Å²) >= 11 is 0. The summed E-state index contributed by atoms with van der Waals surface area (Å²) in [5.41, 5.74) is 0.890. The number of esters is 1. The van der Waals surface area contributed by atoms with Gasteiger partial charge in [0.2, 0.25) is 0 Å². The van der Waals surface area contributed by atoms with E-state index in [1.165, 1.54) is 18.3 Å². The van der Waals surface area contributed by atoms with Crippen LogP contribution in [0.2, 0.25) is 0 Å². The standard InChI is InChI=1S/C24H18N2O4S/c27-24(19-10-3-1-4-11-19)30-23-16-15-18-9-7-8-14-21(18)22(23)17-25-26-31(28,29)20-12-5-2-6-13-20/h1-17,26H/b25-17+. The number of nitrogens with zero attached hydrogens (tertiary/aromatic N) is 1. The fourth-order valence-electron chi connectivity index (χ4n) is 3.04.